The zero-order valence-electron chi connectivity index (χ0n) is 12.9. The van der Waals surface area contributed by atoms with Gasteiger partial charge in [-0.2, -0.15) is 0 Å². The fourth-order valence-corrected chi connectivity index (χ4v) is 2.09. The van der Waals surface area contributed by atoms with Crippen LogP contribution in [0.15, 0.2) is 18.2 Å². The van der Waals surface area contributed by atoms with E-state index in [-0.39, 0.29) is 24.6 Å². The molecule has 0 saturated heterocycles. The van der Waals surface area contributed by atoms with Crippen LogP contribution in [-0.2, 0) is 11.2 Å². The van der Waals surface area contributed by atoms with E-state index in [0.29, 0.717) is 12.1 Å². The molecule has 0 bridgehead atoms. The Morgan fingerprint density at radius 1 is 1.48 bits per heavy atom. The lowest BCUT2D eigenvalue weighted by Gasteiger charge is -2.27. The number of ether oxygens (including phenoxy) is 1. The van der Waals surface area contributed by atoms with E-state index in [1.54, 1.807) is 13.0 Å². The van der Waals surface area contributed by atoms with Gasteiger partial charge in [-0.1, -0.05) is 6.07 Å². The number of benzene rings is 1. The number of hydrogen-bond acceptors (Lipinski definition) is 4. The highest BCUT2D eigenvalue weighted by Gasteiger charge is 2.22. The number of nitrogens with one attached hydrogen (secondary N) is 1. The maximum atomic E-state index is 13.5. The third-order valence-corrected chi connectivity index (χ3v) is 2.90. The lowest BCUT2D eigenvalue weighted by atomic mass is 10.1. The van der Waals surface area contributed by atoms with E-state index in [1.165, 1.54) is 19.2 Å². The van der Waals surface area contributed by atoms with Crippen LogP contribution in [0.4, 0.5) is 4.39 Å². The van der Waals surface area contributed by atoms with Gasteiger partial charge < -0.3 is 20.1 Å². The number of halogens is 1. The lowest BCUT2D eigenvalue weighted by molar-refractivity contribution is -0.121. The Morgan fingerprint density at radius 3 is 2.67 bits per heavy atom. The summed E-state index contributed by atoms with van der Waals surface area (Å²) in [6.45, 7) is 2.23. The summed E-state index contributed by atoms with van der Waals surface area (Å²) in [5.41, 5.74) is -0.456. The quantitative estimate of drug-likeness (QED) is 0.782. The lowest BCUT2D eigenvalue weighted by Crippen LogP contribution is -2.47. The van der Waals surface area contributed by atoms with E-state index in [2.05, 4.69) is 5.32 Å². The Bertz CT molecular complexity index is 490. The fourth-order valence-electron chi connectivity index (χ4n) is 2.09. The van der Waals surface area contributed by atoms with Gasteiger partial charge in [0.1, 0.15) is 0 Å². The number of hydrogen-bond donors (Lipinski definition) is 2. The molecular formula is C15H23FN2O3. The predicted octanol–water partition coefficient (Wildman–Crippen LogP) is 0.806. The van der Waals surface area contributed by atoms with Crippen molar-refractivity contribution in [2.45, 2.75) is 18.9 Å². The molecule has 1 atom stereocenters. The molecule has 21 heavy (non-hydrogen) atoms. The van der Waals surface area contributed by atoms with Crippen molar-refractivity contribution >= 4 is 5.91 Å². The second-order valence-corrected chi connectivity index (χ2v) is 5.66. The van der Waals surface area contributed by atoms with Gasteiger partial charge in [-0.3, -0.25) is 4.79 Å². The summed E-state index contributed by atoms with van der Waals surface area (Å²) < 4.78 is 18.3. The number of carbonyl (C=O) groups excluding carboxylic acids is 1. The number of carbonyl (C=O) groups is 1. The topological polar surface area (TPSA) is 61.8 Å². The van der Waals surface area contributed by atoms with Gasteiger partial charge in [-0.05, 0) is 38.7 Å². The van der Waals surface area contributed by atoms with Crippen LogP contribution in [0.3, 0.4) is 0 Å². The minimum atomic E-state index is -1.01. The number of rotatable bonds is 7. The van der Waals surface area contributed by atoms with E-state index in [4.69, 9.17) is 4.74 Å². The normalized spacial score (nSPS) is 13.9. The maximum Gasteiger partial charge on any atom is 0.224 e. The van der Waals surface area contributed by atoms with Crippen LogP contribution in [0.5, 0.6) is 5.75 Å². The summed E-state index contributed by atoms with van der Waals surface area (Å²) in [4.78, 5) is 13.7. The molecule has 5 nitrogen and oxygen atoms in total. The molecule has 1 unspecified atom stereocenters. The predicted molar refractivity (Wildman–Crippen MR) is 78.8 cm³/mol. The van der Waals surface area contributed by atoms with Crippen LogP contribution < -0.4 is 10.1 Å². The molecule has 0 fully saturated rings. The SMILES string of the molecule is COc1ccc(CC(=O)NCC(C)(O)CN(C)C)cc1F. The minimum Gasteiger partial charge on any atom is -0.494 e. The second-order valence-electron chi connectivity index (χ2n) is 5.66. The van der Waals surface area contributed by atoms with Crippen molar-refractivity contribution in [3.05, 3.63) is 29.6 Å². The summed E-state index contributed by atoms with van der Waals surface area (Å²) in [6.07, 6.45) is 0.0545. The van der Waals surface area contributed by atoms with E-state index in [1.807, 2.05) is 19.0 Å². The van der Waals surface area contributed by atoms with Crippen LogP contribution in [-0.4, -0.2) is 55.8 Å². The third-order valence-electron chi connectivity index (χ3n) is 2.90. The Morgan fingerprint density at radius 2 is 2.14 bits per heavy atom. The molecule has 0 saturated carbocycles. The maximum absolute atomic E-state index is 13.5. The van der Waals surface area contributed by atoms with Gasteiger partial charge in [0.15, 0.2) is 11.6 Å². The van der Waals surface area contributed by atoms with Crippen molar-refractivity contribution in [2.75, 3.05) is 34.3 Å². The molecule has 0 radical (unpaired) electrons. The molecule has 118 valence electrons. The van der Waals surface area contributed by atoms with Crippen molar-refractivity contribution in [3.8, 4) is 5.75 Å². The Balaban J connectivity index is 2.52. The first kappa shape index (κ1) is 17.4. The minimum absolute atomic E-state index is 0.0545. The molecule has 0 aromatic heterocycles. The van der Waals surface area contributed by atoms with Gasteiger partial charge in [-0.25, -0.2) is 4.39 Å². The monoisotopic (exact) mass is 298 g/mol. The van der Waals surface area contributed by atoms with Crippen LogP contribution in [0.1, 0.15) is 12.5 Å². The van der Waals surface area contributed by atoms with Gasteiger partial charge in [0, 0.05) is 13.1 Å². The molecule has 0 aliphatic heterocycles. The van der Waals surface area contributed by atoms with Gasteiger partial charge in [-0.15, -0.1) is 0 Å². The van der Waals surface area contributed by atoms with Crippen molar-refractivity contribution in [1.29, 1.82) is 0 Å². The van der Waals surface area contributed by atoms with Crippen molar-refractivity contribution in [3.63, 3.8) is 0 Å². The van der Waals surface area contributed by atoms with Crippen molar-refractivity contribution < 1.29 is 19.0 Å². The molecule has 6 heteroatoms. The molecule has 2 N–H and O–H groups in total. The number of methoxy groups -OCH3 is 1. The molecule has 0 aliphatic rings. The van der Waals surface area contributed by atoms with E-state index in [9.17, 15) is 14.3 Å². The average molecular weight is 298 g/mol. The first-order valence-corrected chi connectivity index (χ1v) is 6.70. The van der Waals surface area contributed by atoms with Crippen molar-refractivity contribution in [2.24, 2.45) is 0 Å². The van der Waals surface area contributed by atoms with Crippen molar-refractivity contribution in [1.82, 2.24) is 10.2 Å². The molecule has 0 aliphatic carbocycles. The summed E-state index contributed by atoms with van der Waals surface area (Å²) in [6, 6.07) is 4.40. The average Bonchev–Trinajstić information content (AvgIpc) is 2.35. The Hall–Kier alpha value is -1.66. The number of aliphatic hydroxyl groups is 1. The highest BCUT2D eigenvalue weighted by molar-refractivity contribution is 5.78. The Labute approximate surface area is 124 Å². The fraction of sp³-hybridized carbons (Fsp3) is 0.533. The summed E-state index contributed by atoms with van der Waals surface area (Å²) in [5.74, 6) is -0.617. The third kappa shape index (κ3) is 6.10. The van der Waals surface area contributed by atoms with Crippen LogP contribution >= 0.6 is 0 Å². The second kappa shape index (κ2) is 7.38. The number of nitrogens with zero attached hydrogens (tertiary/aromatic N) is 1. The van der Waals surface area contributed by atoms with Crippen LogP contribution in [0, 0.1) is 5.82 Å². The van der Waals surface area contributed by atoms with Gasteiger partial charge in [0.2, 0.25) is 5.91 Å². The smallest absolute Gasteiger partial charge is 0.224 e. The molecule has 1 rings (SSSR count). The van der Waals surface area contributed by atoms with Gasteiger partial charge >= 0.3 is 0 Å². The highest BCUT2D eigenvalue weighted by Crippen LogP contribution is 2.17. The van der Waals surface area contributed by atoms with E-state index in [0.717, 1.165) is 0 Å². The molecule has 0 heterocycles. The first-order chi connectivity index (χ1) is 9.73. The highest BCUT2D eigenvalue weighted by atomic mass is 19.1. The molecular weight excluding hydrogens is 275 g/mol. The number of amides is 1. The largest absolute Gasteiger partial charge is 0.494 e. The van der Waals surface area contributed by atoms with E-state index < -0.39 is 11.4 Å². The number of likely N-dealkylation sites (N-methyl/N-ethyl adjacent to an activating group) is 1. The van der Waals surface area contributed by atoms with Crippen LogP contribution in [0.2, 0.25) is 0 Å². The zero-order chi connectivity index (χ0) is 16.0. The van der Waals surface area contributed by atoms with E-state index >= 15 is 0 Å². The zero-order valence-corrected chi connectivity index (χ0v) is 12.9. The molecule has 1 aromatic rings. The van der Waals surface area contributed by atoms with Gasteiger partial charge in [0.05, 0.1) is 19.1 Å². The summed E-state index contributed by atoms with van der Waals surface area (Å²) in [5, 5.41) is 12.7. The first-order valence-electron chi connectivity index (χ1n) is 6.70. The van der Waals surface area contributed by atoms with Gasteiger partial charge in [0.25, 0.3) is 0 Å². The summed E-state index contributed by atoms with van der Waals surface area (Å²) >= 11 is 0. The molecule has 1 aromatic carbocycles. The van der Waals surface area contributed by atoms with Crippen LogP contribution in [0.25, 0.3) is 0 Å². The molecule has 1 amide bonds. The Kier molecular flexibility index (Phi) is 6.11. The molecule has 0 spiro atoms. The summed E-state index contributed by atoms with van der Waals surface area (Å²) in [7, 11) is 5.07. The standard InChI is InChI=1S/C15H23FN2O3/c1-15(20,10-18(2)3)9-17-14(19)8-11-5-6-13(21-4)12(16)7-11/h5-7,20H,8-10H2,1-4H3,(H,17,19).